The summed E-state index contributed by atoms with van der Waals surface area (Å²) < 4.78 is 83.6. The van der Waals surface area contributed by atoms with E-state index in [2.05, 4.69) is 59.2 Å². The maximum atomic E-state index is 13.4. The maximum absolute atomic E-state index is 13.4. The van der Waals surface area contributed by atoms with Gasteiger partial charge < -0.3 is 37.5 Å². The molecule has 0 saturated carbocycles. The highest BCUT2D eigenvalue weighted by molar-refractivity contribution is 7.89. The Morgan fingerprint density at radius 2 is 1.49 bits per heavy atom. The van der Waals surface area contributed by atoms with Crippen molar-refractivity contribution in [1.29, 1.82) is 0 Å². The molecule has 1 unspecified atom stereocenters. The molecule has 4 rings (SSSR count). The summed E-state index contributed by atoms with van der Waals surface area (Å²) in [5, 5.41) is 4.49. The van der Waals surface area contributed by atoms with Crippen molar-refractivity contribution in [2.75, 3.05) is 95.7 Å². The van der Waals surface area contributed by atoms with Crippen molar-refractivity contribution >= 4 is 56.2 Å². The summed E-state index contributed by atoms with van der Waals surface area (Å²) in [6.07, 6.45) is 2.52. The number of fused-ring (bicyclic) bond motifs is 1. The molecular weight excluding hydrogens is 909 g/mol. The van der Waals surface area contributed by atoms with Crippen LogP contribution in [0.4, 0.5) is 11.4 Å². The quantitative estimate of drug-likeness (QED) is 0.0705. The Hall–Kier alpha value is -5.00. The predicted molar refractivity (Wildman–Crippen MR) is 257 cm³/mol. The topological polar surface area (TPSA) is 233 Å². The number of hydrogen-bond donors (Lipinski definition) is 2. The van der Waals surface area contributed by atoms with Crippen LogP contribution in [0.1, 0.15) is 91.5 Å². The second-order valence-electron chi connectivity index (χ2n) is 17.2. The lowest BCUT2D eigenvalue weighted by molar-refractivity contribution is -0.142. The SMILES string of the molecule is CCOCCOCCOCCOc1ccc(C(C)(C)CC(C)(C)C)cc1OS(=O)NCCc1nc2n(n1)NC(=NS(C)(=O)=O)C2=Nc1ccc(N(CC(=O)OCC)CC(=O)OCC)cc1CC. The highest BCUT2D eigenvalue weighted by atomic mass is 32.2. The number of benzene rings is 2. The molecule has 1 aliphatic rings. The first kappa shape index (κ1) is 54.6. The van der Waals surface area contributed by atoms with Gasteiger partial charge in [-0.3, -0.25) is 15.0 Å². The Morgan fingerprint density at radius 1 is 0.851 bits per heavy atom. The van der Waals surface area contributed by atoms with Crippen molar-refractivity contribution in [1.82, 2.24) is 19.6 Å². The lowest BCUT2D eigenvalue weighted by atomic mass is 9.72. The number of esters is 2. The van der Waals surface area contributed by atoms with Crippen LogP contribution >= 0.6 is 0 Å². The molecule has 0 bridgehead atoms. The molecule has 0 amide bonds. The van der Waals surface area contributed by atoms with Crippen molar-refractivity contribution in [3.05, 3.63) is 59.2 Å². The Morgan fingerprint density at radius 3 is 2.09 bits per heavy atom. The first-order valence-electron chi connectivity index (χ1n) is 22.4. The zero-order valence-electron chi connectivity index (χ0n) is 40.5. The summed E-state index contributed by atoms with van der Waals surface area (Å²) >= 11 is -2.01. The molecule has 1 aliphatic heterocycles. The first-order valence-corrected chi connectivity index (χ1v) is 25.3. The van der Waals surface area contributed by atoms with Crippen LogP contribution in [-0.2, 0) is 72.8 Å². The number of amidine groups is 1. The number of ether oxygens (including phenoxy) is 6. The van der Waals surface area contributed by atoms with Gasteiger partial charge in [-0.15, -0.1) is 14.3 Å². The van der Waals surface area contributed by atoms with Crippen LogP contribution in [0.3, 0.4) is 0 Å². The number of carbonyl (C=O) groups is 2. The van der Waals surface area contributed by atoms with Gasteiger partial charge in [0.15, 0.2) is 28.9 Å². The molecule has 1 atom stereocenters. The van der Waals surface area contributed by atoms with E-state index in [1.54, 1.807) is 36.9 Å². The fraction of sp³-hybridized carbons (Fsp3) is 0.600. The lowest BCUT2D eigenvalue weighted by Gasteiger charge is -2.33. The van der Waals surface area contributed by atoms with Crippen molar-refractivity contribution in [3.63, 3.8) is 0 Å². The minimum absolute atomic E-state index is 0.0488. The van der Waals surface area contributed by atoms with Crippen LogP contribution in [0.15, 0.2) is 45.8 Å². The molecule has 20 nitrogen and oxygen atoms in total. The summed E-state index contributed by atoms with van der Waals surface area (Å²) in [6, 6.07) is 10.8. The molecule has 0 saturated heterocycles. The zero-order chi connectivity index (χ0) is 49.2. The standard InChI is InChI=1S/C45H68N8O12S2/c1-11-32-27-34(52(29-39(54)62-13-3)30-40(55)63-14-4)16-17-35(32)47-41-42(51-67(10,57)58)50-53-43(41)48-38(49-53)19-20-46-66(56)65-37-28-33(45(8,9)31-44(5,6)7)15-18-36(37)64-26-25-61-24-23-60-22-21-59-12-2/h15-18,27-28,46H,11-14,19-26,29-31H2,1-10H3,(H,50,51). The Labute approximate surface area is 397 Å². The fourth-order valence-electron chi connectivity index (χ4n) is 7.22. The zero-order valence-corrected chi connectivity index (χ0v) is 42.1. The number of aryl methyl sites for hydroxylation is 1. The molecule has 2 N–H and O–H groups in total. The van der Waals surface area contributed by atoms with Crippen LogP contribution in [-0.4, -0.2) is 136 Å². The smallest absolute Gasteiger partial charge is 0.325 e. The number of nitrogens with one attached hydrogen (secondary N) is 2. The van der Waals surface area contributed by atoms with E-state index in [9.17, 15) is 22.2 Å². The van der Waals surface area contributed by atoms with Crippen LogP contribution in [0.25, 0.3) is 0 Å². The van der Waals surface area contributed by atoms with E-state index in [-0.39, 0.29) is 74.1 Å². The number of hydrogen-bond acceptors (Lipinski definition) is 16. The lowest BCUT2D eigenvalue weighted by Crippen LogP contribution is -2.36. The molecule has 0 fully saturated rings. The van der Waals surface area contributed by atoms with Crippen LogP contribution < -0.4 is 24.0 Å². The third-order valence-electron chi connectivity index (χ3n) is 9.71. The molecule has 67 heavy (non-hydrogen) atoms. The molecule has 0 spiro atoms. The van der Waals surface area contributed by atoms with Gasteiger partial charge in [0.1, 0.15) is 19.7 Å². The number of rotatable bonds is 29. The van der Waals surface area contributed by atoms with Crippen molar-refractivity contribution in [3.8, 4) is 11.5 Å². The highest BCUT2D eigenvalue weighted by Gasteiger charge is 2.31. The molecule has 0 radical (unpaired) electrons. The van der Waals surface area contributed by atoms with Crippen LogP contribution in [0.2, 0.25) is 0 Å². The second kappa shape index (κ2) is 25.9. The van der Waals surface area contributed by atoms with E-state index in [1.807, 2.05) is 32.0 Å². The maximum Gasteiger partial charge on any atom is 0.325 e. The van der Waals surface area contributed by atoms with Gasteiger partial charge in [0.2, 0.25) is 5.82 Å². The van der Waals surface area contributed by atoms with Gasteiger partial charge in [-0.05, 0) is 85.9 Å². The summed E-state index contributed by atoms with van der Waals surface area (Å²) in [5.41, 5.74) is 5.51. The van der Waals surface area contributed by atoms with E-state index in [0.717, 1.165) is 18.2 Å². The summed E-state index contributed by atoms with van der Waals surface area (Å²) in [6.45, 7) is 21.2. The highest BCUT2D eigenvalue weighted by Crippen LogP contribution is 2.40. The third kappa shape index (κ3) is 18.2. The van der Waals surface area contributed by atoms with Gasteiger partial charge in [0, 0.05) is 25.3 Å². The molecule has 22 heteroatoms. The summed E-state index contributed by atoms with van der Waals surface area (Å²) in [5.74, 6) is 0.119. The second-order valence-corrected chi connectivity index (χ2v) is 19.7. The summed E-state index contributed by atoms with van der Waals surface area (Å²) in [4.78, 5) is 37.2. The molecule has 372 valence electrons. The van der Waals surface area contributed by atoms with Gasteiger partial charge in [-0.25, -0.2) is 23.1 Å². The minimum atomic E-state index is -3.89. The predicted octanol–water partition coefficient (Wildman–Crippen LogP) is 4.76. The number of nitrogens with zero attached hydrogens (tertiary/aromatic N) is 6. The monoisotopic (exact) mass is 976 g/mol. The van der Waals surface area contributed by atoms with E-state index >= 15 is 0 Å². The normalized spacial score (nSPS) is 14.5. The van der Waals surface area contributed by atoms with Crippen LogP contribution in [0.5, 0.6) is 11.5 Å². The van der Waals surface area contributed by atoms with Crippen molar-refractivity contribution < 1.29 is 54.8 Å². The Bertz CT molecular complexity index is 2290. The van der Waals surface area contributed by atoms with E-state index in [0.29, 0.717) is 80.3 Å². The number of carbonyl (C=O) groups excluding carboxylic acids is 2. The van der Waals surface area contributed by atoms with Crippen molar-refractivity contribution in [2.24, 2.45) is 14.8 Å². The number of sulfonamides is 1. The average Bonchev–Trinajstić information content (AvgIpc) is 3.77. The van der Waals surface area contributed by atoms with E-state index in [1.165, 1.54) is 4.79 Å². The molecule has 1 aromatic heterocycles. The van der Waals surface area contributed by atoms with Crippen molar-refractivity contribution in [2.45, 2.75) is 87.0 Å². The number of aliphatic imine (C=N–C) groups is 1. The molecule has 2 aromatic carbocycles. The van der Waals surface area contributed by atoms with Gasteiger partial charge in [-0.2, -0.15) is 4.21 Å². The molecule has 3 aromatic rings. The minimum Gasteiger partial charge on any atom is -0.487 e. The molecular formula is C45H68N8O12S2. The average molecular weight is 977 g/mol. The van der Waals surface area contributed by atoms with Gasteiger partial charge in [0.25, 0.3) is 21.3 Å². The van der Waals surface area contributed by atoms with Gasteiger partial charge >= 0.3 is 11.9 Å². The van der Waals surface area contributed by atoms with Crippen LogP contribution in [0, 0.1) is 5.41 Å². The largest absolute Gasteiger partial charge is 0.487 e. The van der Waals surface area contributed by atoms with Gasteiger partial charge in [-0.1, -0.05) is 47.6 Å². The number of anilines is 1. The van der Waals surface area contributed by atoms with E-state index in [4.69, 9.17) is 37.6 Å². The van der Waals surface area contributed by atoms with Gasteiger partial charge in [0.05, 0.1) is 58.2 Å². The Kier molecular flexibility index (Phi) is 21.1. The fourth-order valence-corrected chi connectivity index (χ4v) is 8.30. The molecule has 2 heterocycles. The number of aromatic nitrogens is 3. The molecule has 0 aliphatic carbocycles. The van der Waals surface area contributed by atoms with E-state index < -0.39 is 33.2 Å². The Balaban J connectivity index is 1.50. The first-order chi connectivity index (χ1) is 31.7. The third-order valence-corrected chi connectivity index (χ3v) is 11.0. The summed E-state index contributed by atoms with van der Waals surface area (Å²) in [7, 11) is -3.89.